The molecule has 3 aliphatic rings. The van der Waals surface area contributed by atoms with E-state index in [1.54, 1.807) is 17.3 Å². The fourth-order valence-electron chi connectivity index (χ4n) is 2.68. The smallest absolute Gasteiger partial charge is 0.222 e. The third-order valence-corrected chi connectivity index (χ3v) is 3.97. The van der Waals surface area contributed by atoms with Crippen LogP contribution >= 0.6 is 0 Å². The molecule has 0 radical (unpaired) electrons. The van der Waals surface area contributed by atoms with Crippen LogP contribution in [0.3, 0.4) is 0 Å². The van der Waals surface area contributed by atoms with E-state index in [2.05, 4.69) is 31.0 Å². The Labute approximate surface area is 145 Å². The van der Waals surface area contributed by atoms with Gasteiger partial charge in [-0.05, 0) is 18.9 Å². The molecule has 1 atom stereocenters. The van der Waals surface area contributed by atoms with E-state index >= 15 is 0 Å². The van der Waals surface area contributed by atoms with E-state index in [0.717, 1.165) is 17.2 Å². The number of amides is 1. The Morgan fingerprint density at radius 2 is 2.24 bits per heavy atom. The number of aromatic nitrogens is 1. The average Bonchev–Trinajstić information content (AvgIpc) is 3.29. The van der Waals surface area contributed by atoms with Gasteiger partial charge in [-0.1, -0.05) is 0 Å². The lowest BCUT2D eigenvalue weighted by Crippen LogP contribution is -2.45. The zero-order valence-electron chi connectivity index (χ0n) is 13.9. The lowest BCUT2D eigenvalue weighted by Gasteiger charge is -2.26. The van der Waals surface area contributed by atoms with Gasteiger partial charge in [-0.2, -0.15) is 5.10 Å². The van der Waals surface area contributed by atoms with E-state index in [9.17, 15) is 4.79 Å². The topological polar surface area (TPSA) is 120 Å². The van der Waals surface area contributed by atoms with Gasteiger partial charge in [0.25, 0.3) is 0 Å². The zero-order chi connectivity index (χ0) is 17.4. The van der Waals surface area contributed by atoms with Gasteiger partial charge in [0.2, 0.25) is 5.91 Å². The minimum absolute atomic E-state index is 0.167. The maximum atomic E-state index is 11.2. The third-order valence-electron chi connectivity index (χ3n) is 3.97. The molecular formula is C16H20N8O. The van der Waals surface area contributed by atoms with Crippen LogP contribution in [-0.2, 0) is 4.79 Å². The van der Waals surface area contributed by atoms with Crippen molar-refractivity contribution in [3.05, 3.63) is 30.1 Å². The Morgan fingerprint density at radius 3 is 3.00 bits per heavy atom. The molecule has 1 amide bonds. The number of nitrogens with one attached hydrogen (secondary N) is 3. The maximum Gasteiger partial charge on any atom is 0.222 e. The highest BCUT2D eigenvalue weighted by molar-refractivity contribution is 6.13. The minimum atomic E-state index is -0.260. The molecule has 4 rings (SSSR count). The van der Waals surface area contributed by atoms with Crippen molar-refractivity contribution in [2.24, 2.45) is 15.8 Å². The molecule has 2 aliphatic heterocycles. The van der Waals surface area contributed by atoms with E-state index in [1.165, 1.54) is 19.8 Å². The zero-order valence-corrected chi connectivity index (χ0v) is 13.9. The SMILES string of the molecule is CC(=O)Nc1cc(NC2=NN3C(=NCC3N)C(NC3CC3)=C2)ccn1. The lowest BCUT2D eigenvalue weighted by atomic mass is 10.2. The van der Waals surface area contributed by atoms with Crippen LogP contribution in [0.4, 0.5) is 11.5 Å². The first-order valence-electron chi connectivity index (χ1n) is 8.25. The van der Waals surface area contributed by atoms with E-state index in [-0.39, 0.29) is 12.1 Å². The molecule has 1 saturated carbocycles. The first kappa shape index (κ1) is 15.6. The molecule has 1 aromatic heterocycles. The van der Waals surface area contributed by atoms with Gasteiger partial charge in [0.15, 0.2) is 11.7 Å². The maximum absolute atomic E-state index is 11.2. The number of hydrogen-bond acceptors (Lipinski definition) is 8. The Morgan fingerprint density at radius 1 is 1.40 bits per heavy atom. The first-order valence-corrected chi connectivity index (χ1v) is 8.25. The number of carbonyl (C=O) groups excluding carboxylic acids is 1. The fraction of sp³-hybridized carbons (Fsp3) is 0.375. The lowest BCUT2D eigenvalue weighted by molar-refractivity contribution is -0.114. The van der Waals surface area contributed by atoms with Gasteiger partial charge < -0.3 is 21.7 Å². The molecule has 1 aliphatic carbocycles. The van der Waals surface area contributed by atoms with Crippen molar-refractivity contribution in [1.29, 1.82) is 0 Å². The van der Waals surface area contributed by atoms with Crippen LogP contribution < -0.4 is 21.7 Å². The minimum Gasteiger partial charge on any atom is -0.379 e. The molecule has 0 saturated heterocycles. The van der Waals surface area contributed by atoms with Gasteiger partial charge in [-0.25, -0.2) is 9.99 Å². The molecule has 1 unspecified atom stereocenters. The second-order valence-electron chi connectivity index (χ2n) is 6.27. The summed E-state index contributed by atoms with van der Waals surface area (Å²) in [5.41, 5.74) is 7.80. The monoisotopic (exact) mass is 340 g/mol. The average molecular weight is 340 g/mol. The van der Waals surface area contributed by atoms with Crippen LogP contribution in [0.5, 0.6) is 0 Å². The first-order chi connectivity index (χ1) is 12.1. The largest absolute Gasteiger partial charge is 0.379 e. The fourth-order valence-corrected chi connectivity index (χ4v) is 2.68. The second kappa shape index (κ2) is 6.17. The second-order valence-corrected chi connectivity index (χ2v) is 6.27. The summed E-state index contributed by atoms with van der Waals surface area (Å²) in [4.78, 5) is 19.8. The number of pyridine rings is 1. The third kappa shape index (κ3) is 3.45. The number of nitrogens with two attached hydrogens (primary N) is 1. The molecule has 1 aromatic rings. The number of fused-ring (bicyclic) bond motifs is 1. The summed E-state index contributed by atoms with van der Waals surface area (Å²) in [5.74, 6) is 1.76. The highest BCUT2D eigenvalue weighted by Crippen LogP contribution is 2.24. The molecular weight excluding hydrogens is 320 g/mol. The highest BCUT2D eigenvalue weighted by Gasteiger charge is 2.33. The number of hydrazone groups is 1. The number of rotatable bonds is 4. The quantitative estimate of drug-likeness (QED) is 0.630. The molecule has 0 bridgehead atoms. The molecule has 0 aromatic carbocycles. The molecule has 25 heavy (non-hydrogen) atoms. The summed E-state index contributed by atoms with van der Waals surface area (Å²) in [7, 11) is 0. The van der Waals surface area contributed by atoms with Crippen LogP contribution in [-0.4, -0.2) is 46.3 Å². The number of nitrogens with zero attached hydrogens (tertiary/aromatic N) is 4. The van der Waals surface area contributed by atoms with Gasteiger partial charge in [0.1, 0.15) is 12.0 Å². The van der Waals surface area contributed by atoms with Crippen LogP contribution in [0, 0.1) is 0 Å². The molecule has 9 nitrogen and oxygen atoms in total. The van der Waals surface area contributed by atoms with Crippen LogP contribution in [0.25, 0.3) is 0 Å². The summed E-state index contributed by atoms with van der Waals surface area (Å²) >= 11 is 0. The molecule has 5 N–H and O–H groups in total. The van der Waals surface area contributed by atoms with Crippen LogP contribution in [0.15, 0.2) is 40.2 Å². The van der Waals surface area contributed by atoms with Crippen molar-refractivity contribution < 1.29 is 4.79 Å². The van der Waals surface area contributed by atoms with Gasteiger partial charge in [0, 0.05) is 37.0 Å². The van der Waals surface area contributed by atoms with Crippen molar-refractivity contribution in [1.82, 2.24) is 15.3 Å². The summed E-state index contributed by atoms with van der Waals surface area (Å²) in [6.45, 7) is 1.97. The molecule has 130 valence electrons. The predicted molar refractivity (Wildman–Crippen MR) is 96.0 cm³/mol. The van der Waals surface area contributed by atoms with E-state index in [1.807, 2.05) is 12.1 Å². The van der Waals surface area contributed by atoms with Crippen molar-refractivity contribution in [3.63, 3.8) is 0 Å². The number of amidine groups is 2. The summed E-state index contributed by atoms with van der Waals surface area (Å²) in [5, 5.41) is 15.7. The molecule has 9 heteroatoms. The van der Waals surface area contributed by atoms with Crippen LogP contribution in [0.1, 0.15) is 19.8 Å². The number of anilines is 2. The van der Waals surface area contributed by atoms with Gasteiger partial charge >= 0.3 is 0 Å². The number of carbonyl (C=O) groups is 1. The van der Waals surface area contributed by atoms with Crippen LogP contribution in [0.2, 0.25) is 0 Å². The Hall–Kier alpha value is -2.94. The number of hydrogen-bond donors (Lipinski definition) is 4. The number of aliphatic imine (C=N–C) groups is 1. The summed E-state index contributed by atoms with van der Waals surface area (Å²) in [6, 6.07) is 4.06. The highest BCUT2D eigenvalue weighted by atomic mass is 16.1. The molecule has 0 spiro atoms. The molecule has 3 heterocycles. The van der Waals surface area contributed by atoms with Gasteiger partial charge in [-0.3, -0.25) is 9.79 Å². The van der Waals surface area contributed by atoms with Gasteiger partial charge in [0.05, 0.1) is 12.2 Å². The van der Waals surface area contributed by atoms with E-state index < -0.39 is 0 Å². The summed E-state index contributed by atoms with van der Waals surface area (Å²) in [6.07, 6.45) is 5.63. The van der Waals surface area contributed by atoms with Gasteiger partial charge in [-0.15, -0.1) is 0 Å². The van der Waals surface area contributed by atoms with Crippen molar-refractivity contribution in [2.45, 2.75) is 32.0 Å². The standard InChI is InChI=1S/C16H20N8O/c1-9(25)20-14-6-11(4-5-18-14)22-15-7-12(21-10-2-3-10)16-19-8-13(17)24(16)23-15/h4-7,10,13,21H,2-3,8,17H2,1H3,(H2,18,20,22,23,25). The Bertz CT molecular complexity index is 795. The van der Waals surface area contributed by atoms with Crippen molar-refractivity contribution in [2.75, 3.05) is 17.2 Å². The molecule has 1 fully saturated rings. The van der Waals surface area contributed by atoms with Crippen molar-refractivity contribution in [3.8, 4) is 0 Å². The Balaban J connectivity index is 1.56. The Kier molecular flexibility index (Phi) is 3.85. The van der Waals surface area contributed by atoms with E-state index in [0.29, 0.717) is 24.2 Å². The summed E-state index contributed by atoms with van der Waals surface area (Å²) < 4.78 is 0. The predicted octanol–water partition coefficient (Wildman–Crippen LogP) is 0.414. The normalized spacial score (nSPS) is 21.8. The van der Waals surface area contributed by atoms with E-state index in [4.69, 9.17) is 5.73 Å². The van der Waals surface area contributed by atoms with Crippen molar-refractivity contribution >= 4 is 29.1 Å².